The first-order chi connectivity index (χ1) is 13.4. The fourth-order valence-corrected chi connectivity index (χ4v) is 2.94. The molecule has 3 rings (SSSR count). The maximum atomic E-state index is 12.3. The molecule has 1 amide bonds. The first-order valence-electron chi connectivity index (χ1n) is 8.15. The van der Waals surface area contributed by atoms with Gasteiger partial charge in [-0.15, -0.1) is 0 Å². The van der Waals surface area contributed by atoms with Gasteiger partial charge in [-0.25, -0.2) is 0 Å². The van der Waals surface area contributed by atoms with Gasteiger partial charge >= 0.3 is 0 Å². The van der Waals surface area contributed by atoms with E-state index in [2.05, 4.69) is 16.0 Å². The van der Waals surface area contributed by atoms with Crippen LogP contribution in [0.4, 0.5) is 17.1 Å². The molecule has 0 atom stereocenters. The van der Waals surface area contributed by atoms with Crippen molar-refractivity contribution >= 4 is 63.5 Å². The van der Waals surface area contributed by atoms with Crippen LogP contribution in [0.2, 0.25) is 10.0 Å². The molecular weight excluding hydrogens is 417 g/mol. The van der Waals surface area contributed by atoms with Crippen molar-refractivity contribution in [2.45, 2.75) is 0 Å². The highest BCUT2D eigenvalue weighted by atomic mass is 35.5. The minimum Gasteiger partial charge on any atom is -0.507 e. The van der Waals surface area contributed by atoms with Gasteiger partial charge in [-0.1, -0.05) is 41.4 Å². The summed E-state index contributed by atoms with van der Waals surface area (Å²) in [6.07, 6.45) is 0. The molecule has 28 heavy (non-hydrogen) atoms. The number of amides is 1. The number of nitrogens with one attached hydrogen (secondary N) is 3. The first-order valence-corrected chi connectivity index (χ1v) is 9.31. The van der Waals surface area contributed by atoms with Crippen LogP contribution in [0, 0.1) is 0 Å². The van der Waals surface area contributed by atoms with E-state index >= 15 is 0 Å². The van der Waals surface area contributed by atoms with Crippen LogP contribution in [0.25, 0.3) is 0 Å². The standard InChI is InChI=1S/C20H15Cl2N3O2S/c21-16-9-8-14(11-17(16)22)25-20(28)24-13-5-3-4-12(10-13)23-19(27)15-6-1-2-7-18(15)26/h1-11,26H,(H,23,27)(H2,24,25,28). The Balaban J connectivity index is 1.66. The Labute approximate surface area is 177 Å². The van der Waals surface area contributed by atoms with E-state index in [9.17, 15) is 9.90 Å². The quantitative estimate of drug-likeness (QED) is 0.395. The molecule has 0 fully saturated rings. The van der Waals surface area contributed by atoms with Gasteiger partial charge in [0.2, 0.25) is 0 Å². The van der Waals surface area contributed by atoms with Crippen LogP contribution in [-0.2, 0) is 0 Å². The van der Waals surface area contributed by atoms with Crippen molar-refractivity contribution in [2.75, 3.05) is 16.0 Å². The van der Waals surface area contributed by atoms with Gasteiger partial charge in [0.05, 0.1) is 15.6 Å². The molecule has 0 aliphatic rings. The summed E-state index contributed by atoms with van der Waals surface area (Å²) in [7, 11) is 0. The summed E-state index contributed by atoms with van der Waals surface area (Å²) in [6, 6.07) is 18.5. The smallest absolute Gasteiger partial charge is 0.259 e. The average Bonchev–Trinajstić information content (AvgIpc) is 2.65. The number of phenolic OH excluding ortho intramolecular Hbond substituents is 1. The van der Waals surface area contributed by atoms with Gasteiger partial charge in [-0.2, -0.15) is 0 Å². The number of carbonyl (C=O) groups excluding carboxylic acids is 1. The SMILES string of the molecule is O=C(Nc1cccc(NC(=S)Nc2ccc(Cl)c(Cl)c2)c1)c1ccccc1O. The largest absolute Gasteiger partial charge is 0.507 e. The van der Waals surface area contributed by atoms with Gasteiger partial charge < -0.3 is 21.1 Å². The van der Waals surface area contributed by atoms with Gasteiger partial charge in [-0.05, 0) is 60.7 Å². The van der Waals surface area contributed by atoms with Crippen molar-refractivity contribution in [2.24, 2.45) is 0 Å². The third-order valence-electron chi connectivity index (χ3n) is 3.70. The van der Waals surface area contributed by atoms with E-state index in [0.29, 0.717) is 32.2 Å². The van der Waals surface area contributed by atoms with Crippen LogP contribution >= 0.6 is 35.4 Å². The lowest BCUT2D eigenvalue weighted by Crippen LogP contribution is -2.19. The predicted octanol–water partition coefficient (Wildman–Crippen LogP) is 5.76. The Hall–Kier alpha value is -2.80. The number of thiocarbonyl (C=S) groups is 1. The fraction of sp³-hybridized carbons (Fsp3) is 0. The van der Waals surface area contributed by atoms with Crippen molar-refractivity contribution in [3.63, 3.8) is 0 Å². The number of rotatable bonds is 4. The molecule has 4 N–H and O–H groups in total. The number of hydrogen-bond acceptors (Lipinski definition) is 3. The maximum Gasteiger partial charge on any atom is 0.259 e. The highest BCUT2D eigenvalue weighted by Gasteiger charge is 2.11. The van der Waals surface area contributed by atoms with Crippen LogP contribution in [0.5, 0.6) is 5.75 Å². The van der Waals surface area contributed by atoms with E-state index < -0.39 is 5.91 Å². The summed E-state index contributed by atoms with van der Waals surface area (Å²) in [5.74, 6) is -0.493. The minimum absolute atomic E-state index is 0.0821. The van der Waals surface area contributed by atoms with Crippen molar-refractivity contribution < 1.29 is 9.90 Å². The third-order valence-corrected chi connectivity index (χ3v) is 4.65. The Morgan fingerprint density at radius 1 is 0.786 bits per heavy atom. The molecule has 0 bridgehead atoms. The molecule has 0 aliphatic carbocycles. The predicted molar refractivity (Wildman–Crippen MR) is 119 cm³/mol. The van der Waals surface area contributed by atoms with Crippen LogP contribution in [-0.4, -0.2) is 16.1 Å². The van der Waals surface area contributed by atoms with E-state index in [-0.39, 0.29) is 11.3 Å². The molecule has 0 aliphatic heterocycles. The molecule has 3 aromatic carbocycles. The molecule has 142 valence electrons. The lowest BCUT2D eigenvalue weighted by molar-refractivity contribution is 0.102. The monoisotopic (exact) mass is 431 g/mol. The Bertz CT molecular complexity index is 1040. The Kier molecular flexibility index (Phi) is 6.36. The van der Waals surface area contributed by atoms with Crippen molar-refractivity contribution in [1.82, 2.24) is 0 Å². The van der Waals surface area contributed by atoms with E-state index in [1.54, 1.807) is 60.7 Å². The van der Waals surface area contributed by atoms with Crippen LogP contribution in [0.1, 0.15) is 10.4 Å². The summed E-state index contributed by atoms with van der Waals surface area (Å²) in [5, 5.41) is 19.8. The van der Waals surface area contributed by atoms with Crippen LogP contribution < -0.4 is 16.0 Å². The second kappa shape index (κ2) is 8.93. The summed E-state index contributed by atoms with van der Waals surface area (Å²) in [6.45, 7) is 0. The Morgan fingerprint density at radius 2 is 1.43 bits per heavy atom. The lowest BCUT2D eigenvalue weighted by Gasteiger charge is -2.13. The normalized spacial score (nSPS) is 10.2. The number of phenols is 1. The van der Waals surface area contributed by atoms with E-state index in [1.807, 2.05) is 0 Å². The molecule has 0 unspecified atom stereocenters. The van der Waals surface area contributed by atoms with Gasteiger partial charge in [0.15, 0.2) is 5.11 Å². The van der Waals surface area contributed by atoms with Crippen molar-refractivity contribution in [1.29, 1.82) is 0 Å². The minimum atomic E-state index is -0.410. The molecule has 8 heteroatoms. The van der Waals surface area contributed by atoms with Gasteiger partial charge in [0.25, 0.3) is 5.91 Å². The summed E-state index contributed by atoms with van der Waals surface area (Å²) in [5.41, 5.74) is 2.11. The zero-order valence-corrected chi connectivity index (χ0v) is 16.7. The number of carbonyl (C=O) groups is 1. The number of halogens is 2. The zero-order valence-electron chi connectivity index (χ0n) is 14.4. The highest BCUT2D eigenvalue weighted by Crippen LogP contribution is 2.25. The molecule has 0 heterocycles. The van der Waals surface area contributed by atoms with Gasteiger partial charge in [0.1, 0.15) is 5.75 Å². The van der Waals surface area contributed by atoms with E-state index in [1.165, 1.54) is 6.07 Å². The summed E-state index contributed by atoms with van der Waals surface area (Å²) in [4.78, 5) is 12.3. The molecule has 5 nitrogen and oxygen atoms in total. The number of benzene rings is 3. The molecule has 0 spiro atoms. The number of hydrogen-bond donors (Lipinski definition) is 4. The Morgan fingerprint density at radius 3 is 2.11 bits per heavy atom. The zero-order chi connectivity index (χ0) is 20.1. The van der Waals surface area contributed by atoms with E-state index in [0.717, 1.165) is 0 Å². The molecular formula is C20H15Cl2N3O2S. The van der Waals surface area contributed by atoms with E-state index in [4.69, 9.17) is 35.4 Å². The highest BCUT2D eigenvalue weighted by molar-refractivity contribution is 7.80. The summed E-state index contributed by atoms with van der Waals surface area (Å²) >= 11 is 17.2. The molecule has 0 saturated carbocycles. The maximum absolute atomic E-state index is 12.3. The first kappa shape index (κ1) is 19.9. The lowest BCUT2D eigenvalue weighted by atomic mass is 10.2. The second-order valence-corrected chi connectivity index (χ2v) is 6.98. The number of anilines is 3. The fourth-order valence-electron chi connectivity index (χ4n) is 2.41. The van der Waals surface area contributed by atoms with Gasteiger partial charge in [-0.3, -0.25) is 4.79 Å². The topological polar surface area (TPSA) is 73.4 Å². The van der Waals surface area contributed by atoms with Crippen molar-refractivity contribution in [3.8, 4) is 5.75 Å². The second-order valence-electron chi connectivity index (χ2n) is 5.76. The summed E-state index contributed by atoms with van der Waals surface area (Å²) < 4.78 is 0. The average molecular weight is 432 g/mol. The number of para-hydroxylation sites is 1. The molecule has 0 aromatic heterocycles. The molecule has 3 aromatic rings. The molecule has 0 radical (unpaired) electrons. The third kappa shape index (κ3) is 5.13. The van der Waals surface area contributed by atoms with Crippen LogP contribution in [0.3, 0.4) is 0 Å². The van der Waals surface area contributed by atoms with Gasteiger partial charge in [0, 0.05) is 17.1 Å². The molecule has 0 saturated heterocycles. The van der Waals surface area contributed by atoms with Crippen molar-refractivity contribution in [3.05, 3.63) is 82.3 Å². The number of aromatic hydroxyl groups is 1. The van der Waals surface area contributed by atoms with Crippen LogP contribution in [0.15, 0.2) is 66.7 Å².